The molecule has 0 saturated carbocycles. The lowest BCUT2D eigenvalue weighted by Crippen LogP contribution is -2.32. The topological polar surface area (TPSA) is 121 Å². The molecule has 7 nitrogen and oxygen atoms in total. The number of furan rings is 1. The number of hydrogen-bond donors (Lipinski definition) is 4. The summed E-state index contributed by atoms with van der Waals surface area (Å²) in [6.45, 7) is -0.220. The van der Waals surface area contributed by atoms with E-state index in [-0.39, 0.29) is 12.3 Å². The van der Waals surface area contributed by atoms with Crippen LogP contribution < -0.4 is 16.4 Å². The van der Waals surface area contributed by atoms with E-state index >= 15 is 0 Å². The summed E-state index contributed by atoms with van der Waals surface area (Å²) in [5, 5.41) is 14.0. The Morgan fingerprint density at radius 2 is 1.97 bits per heavy atom. The molecule has 0 aliphatic rings. The van der Waals surface area contributed by atoms with Crippen molar-refractivity contribution in [1.29, 1.82) is 5.41 Å². The van der Waals surface area contributed by atoms with Crippen molar-refractivity contribution in [3.63, 3.8) is 0 Å². The number of thiophene rings is 1. The van der Waals surface area contributed by atoms with E-state index in [1.54, 1.807) is 29.5 Å². The number of hydrogen-bond acceptors (Lipinski definition) is 6. The smallest absolute Gasteiger partial charge is 0.287 e. The van der Waals surface area contributed by atoms with E-state index in [1.807, 2.05) is 30.3 Å². The van der Waals surface area contributed by atoms with Crippen LogP contribution >= 0.6 is 11.3 Å². The number of carbonyl (C=O) groups is 2. The van der Waals surface area contributed by atoms with Crippen LogP contribution in [0.2, 0.25) is 0 Å². The number of benzene rings is 2. The predicted octanol–water partition coefficient (Wildman–Crippen LogP) is 4.11. The highest BCUT2D eigenvalue weighted by Crippen LogP contribution is 2.38. The minimum Gasteiger partial charge on any atom is -0.459 e. The largest absolute Gasteiger partial charge is 0.459 e. The molecule has 0 aliphatic carbocycles. The average Bonchev–Trinajstić information content (AvgIpc) is 3.43. The number of anilines is 2. The molecule has 2 amide bonds. The number of fused-ring (bicyclic) bond motifs is 1. The molecule has 0 unspecified atom stereocenters. The summed E-state index contributed by atoms with van der Waals surface area (Å²) in [5.41, 5.74) is 8.48. The molecule has 2 aromatic heterocycles. The molecule has 0 radical (unpaired) electrons. The number of amides is 2. The Bertz CT molecular complexity index is 1210. The van der Waals surface area contributed by atoms with Crippen LogP contribution in [-0.2, 0) is 4.79 Å². The molecule has 0 aliphatic heterocycles. The fourth-order valence-corrected chi connectivity index (χ4v) is 4.14. The van der Waals surface area contributed by atoms with Gasteiger partial charge in [0.1, 0.15) is 0 Å². The molecule has 8 heteroatoms. The van der Waals surface area contributed by atoms with Crippen molar-refractivity contribution in [2.24, 2.45) is 0 Å². The van der Waals surface area contributed by atoms with Gasteiger partial charge in [0.2, 0.25) is 5.91 Å². The maximum absolute atomic E-state index is 12.3. The van der Waals surface area contributed by atoms with Crippen molar-refractivity contribution in [2.75, 3.05) is 17.6 Å². The van der Waals surface area contributed by atoms with Gasteiger partial charge in [-0.25, -0.2) is 0 Å². The van der Waals surface area contributed by atoms with Gasteiger partial charge in [0.15, 0.2) is 5.76 Å². The van der Waals surface area contributed by atoms with Crippen LogP contribution in [0.3, 0.4) is 0 Å². The molecule has 0 fully saturated rings. The van der Waals surface area contributed by atoms with Crippen LogP contribution in [0.5, 0.6) is 0 Å². The molecule has 0 saturated heterocycles. The molecule has 4 rings (SSSR count). The third kappa shape index (κ3) is 3.94. The number of rotatable bonds is 6. The maximum Gasteiger partial charge on any atom is 0.287 e. The summed E-state index contributed by atoms with van der Waals surface area (Å²) < 4.78 is 6.12. The van der Waals surface area contributed by atoms with Crippen LogP contribution in [0.4, 0.5) is 11.4 Å². The van der Waals surface area contributed by atoms with Crippen molar-refractivity contribution in [1.82, 2.24) is 5.32 Å². The van der Waals surface area contributed by atoms with Crippen molar-refractivity contribution < 1.29 is 14.0 Å². The molecule has 0 bridgehead atoms. The van der Waals surface area contributed by atoms with E-state index in [1.165, 1.54) is 12.3 Å². The van der Waals surface area contributed by atoms with Gasteiger partial charge in [-0.05, 0) is 41.8 Å². The Labute approximate surface area is 176 Å². The molecule has 5 N–H and O–H groups in total. The summed E-state index contributed by atoms with van der Waals surface area (Å²) in [6.07, 6.45) is 2.54. The van der Waals surface area contributed by atoms with Gasteiger partial charge in [0.25, 0.3) is 5.91 Å². The third-order valence-electron chi connectivity index (χ3n) is 4.50. The fourth-order valence-electron chi connectivity index (χ4n) is 3.05. The molecule has 150 valence electrons. The first-order valence-electron chi connectivity index (χ1n) is 9.09. The summed E-state index contributed by atoms with van der Waals surface area (Å²) in [4.78, 5) is 25.2. The zero-order valence-corrected chi connectivity index (χ0v) is 16.6. The zero-order valence-electron chi connectivity index (χ0n) is 15.8. The molecule has 0 atom stereocenters. The Morgan fingerprint density at radius 1 is 1.13 bits per heavy atom. The second kappa shape index (κ2) is 8.22. The van der Waals surface area contributed by atoms with Gasteiger partial charge in [-0.1, -0.05) is 18.2 Å². The van der Waals surface area contributed by atoms with Gasteiger partial charge >= 0.3 is 0 Å². The van der Waals surface area contributed by atoms with Crippen LogP contribution in [0.1, 0.15) is 16.1 Å². The normalized spacial score (nSPS) is 10.7. The summed E-state index contributed by atoms with van der Waals surface area (Å²) in [7, 11) is 0. The zero-order chi connectivity index (χ0) is 21.1. The monoisotopic (exact) mass is 418 g/mol. The van der Waals surface area contributed by atoms with Gasteiger partial charge in [0, 0.05) is 38.3 Å². The standard InChI is InChI=1S/C22H18N4O3S/c23-11-14-8-15(26-20(27)12-25-22(28)17-5-3-7-29-17)10-16(21(14)24)19-9-13-4-1-2-6-18(13)30-19/h1-11,23H,12,24H2,(H,25,28)(H,26,27). The Hall–Kier alpha value is -3.91. The first-order valence-corrected chi connectivity index (χ1v) is 9.91. The number of carbonyl (C=O) groups excluding carboxylic acids is 2. The minimum atomic E-state index is -0.474. The molecule has 4 aromatic rings. The van der Waals surface area contributed by atoms with Crippen molar-refractivity contribution >= 4 is 50.8 Å². The van der Waals surface area contributed by atoms with E-state index < -0.39 is 11.8 Å². The van der Waals surface area contributed by atoms with Crippen molar-refractivity contribution in [2.45, 2.75) is 0 Å². The molecular formula is C22H18N4O3S. The quantitative estimate of drug-likeness (QED) is 0.278. The lowest BCUT2D eigenvalue weighted by atomic mass is 10.0. The van der Waals surface area contributed by atoms with E-state index in [4.69, 9.17) is 15.6 Å². The first-order chi connectivity index (χ1) is 14.5. The third-order valence-corrected chi connectivity index (χ3v) is 5.65. The molecule has 0 spiro atoms. The summed E-state index contributed by atoms with van der Waals surface area (Å²) >= 11 is 1.59. The fraction of sp³-hybridized carbons (Fsp3) is 0.0455. The Balaban J connectivity index is 1.56. The number of nitrogens with two attached hydrogens (primary N) is 1. The first kappa shape index (κ1) is 19.4. The second-order valence-electron chi connectivity index (χ2n) is 6.53. The predicted molar refractivity (Wildman–Crippen MR) is 119 cm³/mol. The molecule has 2 heterocycles. The van der Waals surface area contributed by atoms with Crippen molar-refractivity contribution in [3.8, 4) is 10.4 Å². The lowest BCUT2D eigenvalue weighted by Gasteiger charge is -2.12. The van der Waals surface area contributed by atoms with E-state index in [9.17, 15) is 9.59 Å². The molecule has 2 aromatic carbocycles. The van der Waals surface area contributed by atoms with Crippen LogP contribution in [0.15, 0.2) is 65.3 Å². The highest BCUT2D eigenvalue weighted by molar-refractivity contribution is 7.22. The minimum absolute atomic E-state index is 0.133. The summed E-state index contributed by atoms with van der Waals surface area (Å²) in [6, 6.07) is 16.6. The van der Waals surface area contributed by atoms with E-state index in [2.05, 4.69) is 10.6 Å². The van der Waals surface area contributed by atoms with Gasteiger partial charge in [0.05, 0.1) is 12.8 Å². The van der Waals surface area contributed by atoms with Gasteiger partial charge in [-0.3, -0.25) is 9.59 Å². The Kier molecular flexibility index (Phi) is 5.32. The summed E-state index contributed by atoms with van der Waals surface area (Å²) in [5.74, 6) is -0.745. The number of nitrogen functional groups attached to an aromatic ring is 1. The SMILES string of the molecule is N=Cc1cc(NC(=O)CNC(=O)c2ccco2)cc(-c2cc3ccccc3s2)c1N. The van der Waals surface area contributed by atoms with E-state index in [0.717, 1.165) is 26.7 Å². The van der Waals surface area contributed by atoms with Gasteiger partial charge < -0.3 is 26.2 Å². The highest BCUT2D eigenvalue weighted by atomic mass is 32.1. The highest BCUT2D eigenvalue weighted by Gasteiger charge is 2.14. The Morgan fingerprint density at radius 3 is 2.70 bits per heavy atom. The van der Waals surface area contributed by atoms with Crippen molar-refractivity contribution in [3.05, 3.63) is 72.2 Å². The van der Waals surface area contributed by atoms with Crippen LogP contribution in [0, 0.1) is 5.41 Å². The van der Waals surface area contributed by atoms with Crippen LogP contribution in [0.25, 0.3) is 20.5 Å². The van der Waals surface area contributed by atoms with E-state index in [0.29, 0.717) is 16.9 Å². The maximum atomic E-state index is 12.3. The van der Waals surface area contributed by atoms with Gasteiger partial charge in [-0.2, -0.15) is 0 Å². The lowest BCUT2D eigenvalue weighted by molar-refractivity contribution is -0.115. The van der Waals surface area contributed by atoms with Gasteiger partial charge in [-0.15, -0.1) is 11.3 Å². The van der Waals surface area contributed by atoms with Crippen LogP contribution in [-0.4, -0.2) is 24.6 Å². The molecule has 30 heavy (non-hydrogen) atoms. The second-order valence-corrected chi connectivity index (χ2v) is 7.61. The average molecular weight is 418 g/mol. The number of nitrogens with one attached hydrogen (secondary N) is 3. The molecular weight excluding hydrogens is 400 g/mol.